The molecule has 0 aromatic carbocycles. The summed E-state index contributed by atoms with van der Waals surface area (Å²) in [4.78, 5) is 15.7. The Balaban J connectivity index is 3.22. The molecule has 1 heterocycles. The van der Waals surface area contributed by atoms with Crippen molar-refractivity contribution >= 4 is 17.3 Å². The number of hydrogen-bond acceptors (Lipinski definition) is 5. The van der Waals surface area contributed by atoms with Crippen molar-refractivity contribution in [3.63, 3.8) is 0 Å². The third-order valence-corrected chi connectivity index (χ3v) is 2.70. The van der Waals surface area contributed by atoms with E-state index in [0.717, 1.165) is 19.4 Å². The number of Topliss-reactive ketones (excluding diaryl/α,β-unsaturated/α-hetero) is 1. The quantitative estimate of drug-likeness (QED) is 0.614. The van der Waals surface area contributed by atoms with Gasteiger partial charge in [0.15, 0.2) is 5.78 Å². The van der Waals surface area contributed by atoms with Crippen LogP contribution in [0.2, 0.25) is 0 Å². The lowest BCUT2D eigenvalue weighted by Crippen LogP contribution is -2.12. The number of nitrogens with one attached hydrogen (secondary N) is 1. The first-order valence-corrected chi connectivity index (χ1v) is 5.97. The van der Waals surface area contributed by atoms with Gasteiger partial charge < -0.3 is 11.1 Å². The molecule has 0 saturated heterocycles. The van der Waals surface area contributed by atoms with E-state index in [2.05, 4.69) is 17.2 Å². The molecule has 0 atom stereocenters. The van der Waals surface area contributed by atoms with Gasteiger partial charge in [0.1, 0.15) is 17.5 Å². The molecule has 0 amide bonds. The van der Waals surface area contributed by atoms with Crippen LogP contribution < -0.4 is 11.1 Å². The summed E-state index contributed by atoms with van der Waals surface area (Å²) in [7, 11) is 0. The molecule has 1 rings (SSSR count). The lowest BCUT2D eigenvalue weighted by Gasteiger charge is -2.13. The summed E-state index contributed by atoms with van der Waals surface area (Å²) in [5.74, 6) is 0.292. The molecule has 0 fully saturated rings. The molecule has 5 nitrogen and oxygen atoms in total. The van der Waals surface area contributed by atoms with E-state index in [4.69, 9.17) is 11.0 Å². The maximum atomic E-state index is 11.5. The summed E-state index contributed by atoms with van der Waals surface area (Å²) in [5, 5.41) is 12.2. The summed E-state index contributed by atoms with van der Waals surface area (Å²) in [6, 6.07) is 2.01. The Morgan fingerprint density at radius 3 is 2.72 bits per heavy atom. The highest BCUT2D eigenvalue weighted by atomic mass is 16.1. The van der Waals surface area contributed by atoms with Crippen molar-refractivity contribution in [1.29, 1.82) is 5.26 Å². The van der Waals surface area contributed by atoms with Gasteiger partial charge in [-0.15, -0.1) is 0 Å². The largest absolute Gasteiger partial charge is 0.397 e. The van der Waals surface area contributed by atoms with E-state index in [0.29, 0.717) is 17.1 Å². The van der Waals surface area contributed by atoms with Crippen molar-refractivity contribution < 1.29 is 4.79 Å². The third-order valence-electron chi connectivity index (χ3n) is 2.70. The zero-order chi connectivity index (χ0) is 13.7. The molecule has 18 heavy (non-hydrogen) atoms. The summed E-state index contributed by atoms with van der Waals surface area (Å²) in [6.07, 6.45) is 2.04. The molecule has 3 N–H and O–H groups in total. The number of aromatic nitrogens is 1. The van der Waals surface area contributed by atoms with Gasteiger partial charge in [0.2, 0.25) is 0 Å². The van der Waals surface area contributed by atoms with Gasteiger partial charge in [-0.25, -0.2) is 4.98 Å². The van der Waals surface area contributed by atoms with Crippen LogP contribution in [0, 0.1) is 18.3 Å². The predicted octanol–water partition coefficient (Wildman–Crippen LogP) is 2.26. The fourth-order valence-corrected chi connectivity index (χ4v) is 1.80. The van der Waals surface area contributed by atoms with Crippen LogP contribution in [-0.2, 0) is 0 Å². The van der Waals surface area contributed by atoms with Crippen LogP contribution in [0.4, 0.5) is 11.5 Å². The SMILES string of the molecule is CCCCNc1nc(C)c(C(C)=O)c(N)c1C#N. The number of carbonyl (C=O) groups is 1. The maximum Gasteiger partial charge on any atom is 0.163 e. The van der Waals surface area contributed by atoms with Gasteiger partial charge in [0.05, 0.1) is 16.9 Å². The molecule has 5 heteroatoms. The third kappa shape index (κ3) is 2.77. The van der Waals surface area contributed by atoms with Crippen molar-refractivity contribution in [2.75, 3.05) is 17.6 Å². The maximum absolute atomic E-state index is 11.5. The second-order valence-electron chi connectivity index (χ2n) is 4.16. The Kier molecular flexibility index (Phi) is 4.67. The number of aryl methyl sites for hydroxylation is 1. The fourth-order valence-electron chi connectivity index (χ4n) is 1.80. The zero-order valence-corrected chi connectivity index (χ0v) is 11.0. The van der Waals surface area contributed by atoms with Crippen LogP contribution >= 0.6 is 0 Å². The van der Waals surface area contributed by atoms with E-state index >= 15 is 0 Å². The van der Waals surface area contributed by atoms with Crippen LogP contribution in [0.5, 0.6) is 0 Å². The number of nitriles is 1. The number of carbonyl (C=O) groups excluding carboxylic acids is 1. The van der Waals surface area contributed by atoms with E-state index in [9.17, 15) is 4.79 Å². The Morgan fingerprint density at radius 2 is 2.22 bits per heavy atom. The molecule has 0 spiro atoms. The molecule has 0 radical (unpaired) electrons. The highest BCUT2D eigenvalue weighted by Crippen LogP contribution is 2.26. The highest BCUT2D eigenvalue weighted by Gasteiger charge is 2.18. The van der Waals surface area contributed by atoms with Gasteiger partial charge in [-0.05, 0) is 20.3 Å². The number of anilines is 2. The van der Waals surface area contributed by atoms with Crippen molar-refractivity contribution in [1.82, 2.24) is 4.98 Å². The molecule has 0 saturated carbocycles. The number of nitrogens with zero attached hydrogens (tertiary/aromatic N) is 2. The zero-order valence-electron chi connectivity index (χ0n) is 11.0. The second-order valence-corrected chi connectivity index (χ2v) is 4.16. The Bertz CT molecular complexity index is 503. The molecule has 0 aliphatic rings. The summed E-state index contributed by atoms with van der Waals surface area (Å²) in [5.41, 5.74) is 7.24. The normalized spacial score (nSPS) is 9.89. The van der Waals surface area contributed by atoms with Gasteiger partial charge in [0, 0.05) is 6.54 Å². The predicted molar refractivity (Wildman–Crippen MR) is 71.5 cm³/mol. The van der Waals surface area contributed by atoms with E-state index < -0.39 is 0 Å². The van der Waals surface area contributed by atoms with Crippen LogP contribution in [-0.4, -0.2) is 17.3 Å². The van der Waals surface area contributed by atoms with Crippen molar-refractivity contribution in [2.24, 2.45) is 0 Å². The van der Waals surface area contributed by atoms with Crippen molar-refractivity contribution in [3.8, 4) is 6.07 Å². The van der Waals surface area contributed by atoms with Crippen molar-refractivity contribution in [2.45, 2.75) is 33.6 Å². The molecule has 1 aromatic heterocycles. The lowest BCUT2D eigenvalue weighted by atomic mass is 10.0. The average molecular weight is 246 g/mol. The fraction of sp³-hybridized carbons (Fsp3) is 0.462. The van der Waals surface area contributed by atoms with Crippen LogP contribution in [0.25, 0.3) is 0 Å². The smallest absolute Gasteiger partial charge is 0.163 e. The highest BCUT2D eigenvalue weighted by molar-refractivity contribution is 6.02. The van der Waals surface area contributed by atoms with E-state index in [1.807, 2.05) is 6.07 Å². The van der Waals surface area contributed by atoms with E-state index in [1.54, 1.807) is 6.92 Å². The second kappa shape index (κ2) is 6.01. The number of nitrogen functional groups attached to an aromatic ring is 1. The number of ketones is 1. The first-order chi connectivity index (χ1) is 8.52. The number of unbranched alkanes of at least 4 members (excludes halogenated alkanes) is 1. The van der Waals surface area contributed by atoms with E-state index in [-0.39, 0.29) is 17.0 Å². The Morgan fingerprint density at radius 1 is 1.56 bits per heavy atom. The van der Waals surface area contributed by atoms with E-state index in [1.165, 1.54) is 6.92 Å². The van der Waals surface area contributed by atoms with Gasteiger partial charge in [0.25, 0.3) is 0 Å². The van der Waals surface area contributed by atoms with Crippen LogP contribution in [0.1, 0.15) is 48.3 Å². The van der Waals surface area contributed by atoms with Crippen LogP contribution in [0.3, 0.4) is 0 Å². The first-order valence-electron chi connectivity index (χ1n) is 5.97. The minimum absolute atomic E-state index is 0.172. The van der Waals surface area contributed by atoms with Crippen molar-refractivity contribution in [3.05, 3.63) is 16.8 Å². The Hall–Kier alpha value is -2.09. The molecule has 1 aromatic rings. The summed E-state index contributed by atoms with van der Waals surface area (Å²) < 4.78 is 0. The number of rotatable bonds is 5. The number of nitrogens with two attached hydrogens (primary N) is 1. The lowest BCUT2D eigenvalue weighted by molar-refractivity contribution is 0.101. The molecular weight excluding hydrogens is 228 g/mol. The standard InChI is InChI=1S/C13H18N4O/c1-4-5-6-16-13-10(7-14)12(15)11(9(3)18)8(2)17-13/h4-6H2,1-3H3,(H3,15,16,17). The summed E-state index contributed by atoms with van der Waals surface area (Å²) >= 11 is 0. The molecule has 0 aliphatic carbocycles. The monoisotopic (exact) mass is 246 g/mol. The van der Waals surface area contributed by atoms with Gasteiger partial charge in [-0.2, -0.15) is 5.26 Å². The first kappa shape index (κ1) is 14.0. The molecular formula is C13H18N4O. The molecule has 0 bridgehead atoms. The van der Waals surface area contributed by atoms with Gasteiger partial charge >= 0.3 is 0 Å². The Labute approximate surface area is 107 Å². The number of pyridine rings is 1. The van der Waals surface area contributed by atoms with Gasteiger partial charge in [-0.3, -0.25) is 4.79 Å². The number of hydrogen-bond donors (Lipinski definition) is 2. The molecule has 0 unspecified atom stereocenters. The molecule has 0 aliphatic heterocycles. The topological polar surface area (TPSA) is 91.8 Å². The average Bonchev–Trinajstić information content (AvgIpc) is 2.28. The molecule has 96 valence electrons. The minimum Gasteiger partial charge on any atom is -0.397 e. The minimum atomic E-state index is -0.172. The van der Waals surface area contributed by atoms with Gasteiger partial charge in [-0.1, -0.05) is 13.3 Å². The van der Waals surface area contributed by atoms with Crippen LogP contribution in [0.15, 0.2) is 0 Å². The summed E-state index contributed by atoms with van der Waals surface area (Å²) in [6.45, 7) is 5.96.